The molecule has 1 aromatic rings. The first kappa shape index (κ1) is 16.4. The smallest absolute Gasteiger partial charge is 0.410 e. The topological polar surface area (TPSA) is 62.7 Å². The van der Waals surface area contributed by atoms with Crippen LogP contribution in [-0.4, -0.2) is 58.9 Å². The maximum absolute atomic E-state index is 12.0. The fourth-order valence-corrected chi connectivity index (χ4v) is 2.35. The lowest BCUT2D eigenvalue weighted by molar-refractivity contribution is 0.0139. The summed E-state index contributed by atoms with van der Waals surface area (Å²) in [7, 11) is 0. The summed E-state index contributed by atoms with van der Waals surface area (Å²) in [5.74, 6) is 0. The minimum absolute atomic E-state index is 0.262. The third kappa shape index (κ3) is 4.53. The van der Waals surface area contributed by atoms with Gasteiger partial charge < -0.3 is 9.64 Å². The lowest BCUT2D eigenvalue weighted by Gasteiger charge is -2.35. The third-order valence-corrected chi connectivity index (χ3v) is 3.46. The summed E-state index contributed by atoms with van der Waals surface area (Å²) >= 11 is 0. The molecule has 0 aliphatic carbocycles. The molecule has 0 saturated carbocycles. The highest BCUT2D eigenvalue weighted by atomic mass is 16.6. The van der Waals surface area contributed by atoms with Crippen molar-refractivity contribution in [3.8, 4) is 0 Å². The van der Waals surface area contributed by atoms with E-state index in [0.717, 1.165) is 24.9 Å². The van der Waals surface area contributed by atoms with Gasteiger partial charge in [0.15, 0.2) is 6.29 Å². The second-order valence-electron chi connectivity index (χ2n) is 6.41. The van der Waals surface area contributed by atoms with Crippen LogP contribution >= 0.6 is 0 Å². The van der Waals surface area contributed by atoms with E-state index < -0.39 is 5.60 Å². The SMILES string of the molecule is CC(C)(C)OC(=O)N1CCN(Cc2cccnc2C=O)CC1. The number of aromatic nitrogens is 1. The molecule has 120 valence electrons. The van der Waals surface area contributed by atoms with E-state index in [4.69, 9.17) is 4.74 Å². The second kappa shape index (κ2) is 6.87. The van der Waals surface area contributed by atoms with Crippen molar-refractivity contribution in [1.29, 1.82) is 0 Å². The number of rotatable bonds is 3. The Morgan fingerprint density at radius 3 is 2.59 bits per heavy atom. The fourth-order valence-electron chi connectivity index (χ4n) is 2.35. The summed E-state index contributed by atoms with van der Waals surface area (Å²) < 4.78 is 5.38. The van der Waals surface area contributed by atoms with Gasteiger partial charge in [0.25, 0.3) is 0 Å². The van der Waals surface area contributed by atoms with Crippen LogP contribution in [0.2, 0.25) is 0 Å². The van der Waals surface area contributed by atoms with Gasteiger partial charge in [-0.1, -0.05) is 6.07 Å². The summed E-state index contributed by atoms with van der Waals surface area (Å²) in [6.45, 7) is 9.04. The molecule has 6 nitrogen and oxygen atoms in total. The van der Waals surface area contributed by atoms with E-state index in [1.54, 1.807) is 11.1 Å². The molecular weight excluding hydrogens is 282 g/mol. The Bertz CT molecular complexity index is 532. The number of pyridine rings is 1. The number of ether oxygens (including phenoxy) is 1. The van der Waals surface area contributed by atoms with Crippen LogP contribution in [0.25, 0.3) is 0 Å². The molecule has 22 heavy (non-hydrogen) atoms. The van der Waals surface area contributed by atoms with Crippen molar-refractivity contribution < 1.29 is 14.3 Å². The van der Waals surface area contributed by atoms with Gasteiger partial charge in [-0.05, 0) is 32.4 Å². The number of amides is 1. The summed E-state index contributed by atoms with van der Waals surface area (Å²) in [5, 5.41) is 0. The minimum Gasteiger partial charge on any atom is -0.444 e. The number of piperazine rings is 1. The molecule has 0 bridgehead atoms. The average molecular weight is 305 g/mol. The van der Waals surface area contributed by atoms with Gasteiger partial charge in [0, 0.05) is 38.9 Å². The molecule has 1 aliphatic heterocycles. The van der Waals surface area contributed by atoms with Crippen molar-refractivity contribution in [2.45, 2.75) is 32.9 Å². The highest BCUT2D eigenvalue weighted by Crippen LogP contribution is 2.14. The summed E-state index contributed by atoms with van der Waals surface area (Å²) in [6.07, 6.45) is 2.14. The summed E-state index contributed by atoms with van der Waals surface area (Å²) in [6, 6.07) is 3.75. The Labute approximate surface area is 131 Å². The van der Waals surface area contributed by atoms with Crippen LogP contribution in [0.1, 0.15) is 36.8 Å². The van der Waals surface area contributed by atoms with Gasteiger partial charge in [0.2, 0.25) is 0 Å². The first-order chi connectivity index (χ1) is 10.4. The third-order valence-electron chi connectivity index (χ3n) is 3.46. The Morgan fingerprint density at radius 1 is 1.32 bits per heavy atom. The molecule has 1 aromatic heterocycles. The largest absolute Gasteiger partial charge is 0.444 e. The molecule has 0 N–H and O–H groups in total. The minimum atomic E-state index is -0.469. The molecule has 0 unspecified atom stereocenters. The molecule has 0 aromatic carbocycles. The Balaban J connectivity index is 1.87. The van der Waals surface area contributed by atoms with Gasteiger partial charge in [-0.3, -0.25) is 14.7 Å². The number of carbonyl (C=O) groups is 2. The second-order valence-corrected chi connectivity index (χ2v) is 6.41. The lowest BCUT2D eigenvalue weighted by atomic mass is 10.1. The molecule has 1 amide bonds. The number of carbonyl (C=O) groups excluding carboxylic acids is 2. The maximum Gasteiger partial charge on any atom is 0.410 e. The number of aldehydes is 1. The predicted octanol–water partition coefficient (Wildman–Crippen LogP) is 1.95. The van der Waals surface area contributed by atoms with Gasteiger partial charge >= 0.3 is 6.09 Å². The highest BCUT2D eigenvalue weighted by Gasteiger charge is 2.26. The molecule has 2 rings (SSSR count). The molecule has 0 atom stereocenters. The van der Waals surface area contributed by atoms with Gasteiger partial charge in [-0.2, -0.15) is 0 Å². The monoisotopic (exact) mass is 305 g/mol. The molecular formula is C16H23N3O3. The van der Waals surface area contributed by atoms with Gasteiger partial charge in [-0.25, -0.2) is 4.79 Å². The molecule has 1 saturated heterocycles. The Hall–Kier alpha value is -1.95. The quantitative estimate of drug-likeness (QED) is 0.799. The zero-order valence-electron chi connectivity index (χ0n) is 13.4. The van der Waals surface area contributed by atoms with E-state index in [1.165, 1.54) is 0 Å². The molecule has 6 heteroatoms. The van der Waals surface area contributed by atoms with Crippen LogP contribution in [0.5, 0.6) is 0 Å². The van der Waals surface area contributed by atoms with E-state index >= 15 is 0 Å². The standard InChI is InChI=1S/C16H23N3O3/c1-16(2,3)22-15(21)19-9-7-18(8-10-19)11-13-5-4-6-17-14(13)12-20/h4-6,12H,7-11H2,1-3H3. The van der Waals surface area contributed by atoms with E-state index in [2.05, 4.69) is 9.88 Å². The van der Waals surface area contributed by atoms with E-state index in [0.29, 0.717) is 25.3 Å². The maximum atomic E-state index is 12.0. The van der Waals surface area contributed by atoms with Crippen LogP contribution in [-0.2, 0) is 11.3 Å². The van der Waals surface area contributed by atoms with Crippen LogP contribution in [0.15, 0.2) is 18.3 Å². The van der Waals surface area contributed by atoms with E-state index in [-0.39, 0.29) is 6.09 Å². The van der Waals surface area contributed by atoms with E-state index in [1.807, 2.05) is 32.9 Å². The molecule has 0 radical (unpaired) electrons. The van der Waals surface area contributed by atoms with E-state index in [9.17, 15) is 9.59 Å². The summed E-state index contributed by atoms with van der Waals surface area (Å²) in [4.78, 5) is 31.0. The zero-order chi connectivity index (χ0) is 16.2. The Morgan fingerprint density at radius 2 is 2.00 bits per heavy atom. The lowest BCUT2D eigenvalue weighted by Crippen LogP contribution is -2.49. The van der Waals surface area contributed by atoms with Gasteiger partial charge in [0.05, 0.1) is 0 Å². The van der Waals surface area contributed by atoms with Crippen molar-refractivity contribution in [3.63, 3.8) is 0 Å². The number of nitrogens with zero attached hydrogens (tertiary/aromatic N) is 3. The number of hydrogen-bond acceptors (Lipinski definition) is 5. The molecule has 1 aliphatic rings. The first-order valence-corrected chi connectivity index (χ1v) is 7.48. The van der Waals surface area contributed by atoms with Crippen molar-refractivity contribution in [1.82, 2.24) is 14.8 Å². The molecule has 1 fully saturated rings. The summed E-state index contributed by atoms with van der Waals surface area (Å²) in [5.41, 5.74) is 0.934. The van der Waals surface area contributed by atoms with Gasteiger partial charge in [-0.15, -0.1) is 0 Å². The van der Waals surface area contributed by atoms with Crippen molar-refractivity contribution in [2.75, 3.05) is 26.2 Å². The molecule has 2 heterocycles. The van der Waals surface area contributed by atoms with Crippen LogP contribution in [0.3, 0.4) is 0 Å². The molecule has 0 spiro atoms. The normalized spacial score (nSPS) is 16.4. The fraction of sp³-hybridized carbons (Fsp3) is 0.562. The highest BCUT2D eigenvalue weighted by molar-refractivity contribution is 5.74. The zero-order valence-corrected chi connectivity index (χ0v) is 13.4. The van der Waals surface area contributed by atoms with Crippen LogP contribution in [0, 0.1) is 0 Å². The van der Waals surface area contributed by atoms with Crippen molar-refractivity contribution in [2.24, 2.45) is 0 Å². The van der Waals surface area contributed by atoms with Crippen LogP contribution < -0.4 is 0 Å². The first-order valence-electron chi connectivity index (χ1n) is 7.48. The Kier molecular flexibility index (Phi) is 5.13. The average Bonchev–Trinajstić information content (AvgIpc) is 2.47. The van der Waals surface area contributed by atoms with Crippen molar-refractivity contribution in [3.05, 3.63) is 29.6 Å². The van der Waals surface area contributed by atoms with Crippen molar-refractivity contribution >= 4 is 12.4 Å². The van der Waals surface area contributed by atoms with Gasteiger partial charge in [0.1, 0.15) is 11.3 Å². The van der Waals surface area contributed by atoms with Crippen LogP contribution in [0.4, 0.5) is 4.79 Å². The predicted molar refractivity (Wildman–Crippen MR) is 82.7 cm³/mol. The number of hydrogen-bond donors (Lipinski definition) is 0.